The highest BCUT2D eigenvalue weighted by Crippen LogP contribution is 2.33. The number of halogens is 1. The van der Waals surface area contributed by atoms with Crippen LogP contribution in [0.3, 0.4) is 0 Å². The molecule has 4 nitrogen and oxygen atoms in total. The fourth-order valence-corrected chi connectivity index (χ4v) is 2.65. The Hall–Kier alpha value is -1.91. The summed E-state index contributed by atoms with van der Waals surface area (Å²) in [5.74, 6) is 0.568. The van der Waals surface area contributed by atoms with E-state index in [0.29, 0.717) is 11.6 Å². The summed E-state index contributed by atoms with van der Waals surface area (Å²) in [6.45, 7) is 1.25. The molecule has 3 rings (SSSR count). The van der Waals surface area contributed by atoms with E-state index in [1.165, 1.54) is 0 Å². The van der Waals surface area contributed by atoms with Crippen LogP contribution in [0.1, 0.15) is 17.2 Å². The van der Waals surface area contributed by atoms with Crippen molar-refractivity contribution in [3.63, 3.8) is 0 Å². The molecule has 0 amide bonds. The molecule has 0 aliphatic carbocycles. The molecule has 0 bridgehead atoms. The molecule has 0 saturated heterocycles. The molecule has 1 aliphatic heterocycles. The molecule has 1 unspecified atom stereocenters. The molecule has 0 saturated carbocycles. The third-order valence-electron chi connectivity index (χ3n) is 3.63. The van der Waals surface area contributed by atoms with Gasteiger partial charge in [-0.15, -0.1) is 0 Å². The summed E-state index contributed by atoms with van der Waals surface area (Å²) in [4.78, 5) is 0. The Balaban J connectivity index is 1.76. The first-order valence-corrected chi connectivity index (χ1v) is 7.18. The van der Waals surface area contributed by atoms with Gasteiger partial charge in [-0.05, 0) is 60.5 Å². The highest BCUT2D eigenvalue weighted by molar-refractivity contribution is 6.30. The molecule has 5 heteroatoms. The Morgan fingerprint density at radius 2 is 1.86 bits per heavy atom. The highest BCUT2D eigenvalue weighted by atomic mass is 35.5. The van der Waals surface area contributed by atoms with Gasteiger partial charge in [0.05, 0.1) is 6.04 Å². The molecule has 21 heavy (non-hydrogen) atoms. The van der Waals surface area contributed by atoms with Crippen molar-refractivity contribution in [1.82, 2.24) is 5.32 Å². The Morgan fingerprint density at radius 1 is 1.14 bits per heavy atom. The number of hydrogen-bond donors (Lipinski definition) is 3. The van der Waals surface area contributed by atoms with Crippen molar-refractivity contribution in [1.29, 1.82) is 0 Å². The van der Waals surface area contributed by atoms with Crippen LogP contribution in [0, 0.1) is 0 Å². The van der Waals surface area contributed by atoms with Gasteiger partial charge in [-0.3, -0.25) is 0 Å². The van der Waals surface area contributed by atoms with Crippen LogP contribution >= 0.6 is 11.6 Å². The van der Waals surface area contributed by atoms with Crippen molar-refractivity contribution in [2.75, 3.05) is 13.2 Å². The van der Waals surface area contributed by atoms with Crippen molar-refractivity contribution in [2.24, 2.45) is 0 Å². The van der Waals surface area contributed by atoms with Gasteiger partial charge in [0.1, 0.15) is 12.4 Å². The molecule has 2 aromatic carbocycles. The summed E-state index contributed by atoms with van der Waals surface area (Å²) in [7, 11) is 0. The fraction of sp³-hybridized carbons (Fsp3) is 0.250. The Labute approximate surface area is 127 Å². The van der Waals surface area contributed by atoms with Crippen LogP contribution in [0.2, 0.25) is 5.02 Å². The summed E-state index contributed by atoms with van der Waals surface area (Å²) in [6.07, 6.45) is 0.820. The average Bonchev–Trinajstić information content (AvgIpc) is 2.48. The maximum absolute atomic E-state index is 9.68. The summed E-state index contributed by atoms with van der Waals surface area (Å²) in [5, 5.41) is 23.3. The molecule has 0 spiro atoms. The molecule has 0 fully saturated rings. The van der Waals surface area contributed by atoms with Crippen LogP contribution in [0.5, 0.6) is 17.2 Å². The van der Waals surface area contributed by atoms with E-state index in [0.717, 1.165) is 29.8 Å². The largest absolute Gasteiger partial charge is 0.504 e. The molecule has 1 heterocycles. The first-order valence-electron chi connectivity index (χ1n) is 6.80. The molecule has 0 radical (unpaired) electrons. The van der Waals surface area contributed by atoms with Gasteiger partial charge in [0.25, 0.3) is 0 Å². The smallest absolute Gasteiger partial charge is 0.157 e. The molecular formula is C16H16ClNO3. The second kappa shape index (κ2) is 5.84. The van der Waals surface area contributed by atoms with Gasteiger partial charge in [0, 0.05) is 5.02 Å². The number of benzene rings is 2. The number of phenols is 2. The van der Waals surface area contributed by atoms with Gasteiger partial charge in [-0.2, -0.15) is 0 Å². The number of phenolic OH excluding ortho intramolecular Hbond substituents is 2. The summed E-state index contributed by atoms with van der Waals surface area (Å²) < 4.78 is 5.76. The quantitative estimate of drug-likeness (QED) is 0.763. The number of aromatic hydroxyl groups is 2. The molecule has 3 N–H and O–H groups in total. The van der Waals surface area contributed by atoms with Crippen LogP contribution < -0.4 is 10.1 Å². The van der Waals surface area contributed by atoms with E-state index in [-0.39, 0.29) is 17.5 Å². The van der Waals surface area contributed by atoms with E-state index in [1.807, 2.05) is 12.1 Å². The lowest BCUT2D eigenvalue weighted by Crippen LogP contribution is -2.33. The topological polar surface area (TPSA) is 61.7 Å². The molecule has 1 aliphatic rings. The zero-order valence-electron chi connectivity index (χ0n) is 11.3. The van der Waals surface area contributed by atoms with Crippen molar-refractivity contribution in [3.8, 4) is 17.2 Å². The minimum Gasteiger partial charge on any atom is -0.504 e. The number of rotatable bonds is 3. The van der Waals surface area contributed by atoms with Crippen molar-refractivity contribution in [2.45, 2.75) is 12.5 Å². The van der Waals surface area contributed by atoms with Gasteiger partial charge in [0.15, 0.2) is 11.5 Å². The fourth-order valence-electron chi connectivity index (χ4n) is 2.53. The maximum Gasteiger partial charge on any atom is 0.157 e. The zero-order chi connectivity index (χ0) is 14.8. The van der Waals surface area contributed by atoms with Gasteiger partial charge < -0.3 is 20.3 Å². The van der Waals surface area contributed by atoms with Crippen LogP contribution in [-0.2, 0) is 6.42 Å². The monoisotopic (exact) mass is 305 g/mol. The van der Waals surface area contributed by atoms with Gasteiger partial charge in [-0.25, -0.2) is 0 Å². The number of ether oxygens (including phenoxy) is 1. The first kappa shape index (κ1) is 14.0. The van der Waals surface area contributed by atoms with Crippen LogP contribution in [0.25, 0.3) is 0 Å². The lowest BCUT2D eigenvalue weighted by molar-refractivity contribution is 0.260. The zero-order valence-corrected chi connectivity index (χ0v) is 12.1. The van der Waals surface area contributed by atoms with Gasteiger partial charge in [-0.1, -0.05) is 11.6 Å². The van der Waals surface area contributed by atoms with Crippen molar-refractivity contribution < 1.29 is 14.9 Å². The van der Waals surface area contributed by atoms with Crippen molar-refractivity contribution in [3.05, 3.63) is 52.5 Å². The van der Waals surface area contributed by atoms with Gasteiger partial charge >= 0.3 is 0 Å². The first-order chi connectivity index (χ1) is 10.1. The SMILES string of the molecule is Oc1cc2c(cc1O)C(COc1ccc(Cl)cc1)NCC2. The predicted molar refractivity (Wildman–Crippen MR) is 81.2 cm³/mol. The van der Waals surface area contributed by atoms with E-state index >= 15 is 0 Å². The Morgan fingerprint density at radius 3 is 2.62 bits per heavy atom. The Bertz CT molecular complexity index is 643. The molecule has 0 aromatic heterocycles. The lowest BCUT2D eigenvalue weighted by Gasteiger charge is -2.27. The summed E-state index contributed by atoms with van der Waals surface area (Å²) >= 11 is 5.84. The molecule has 1 atom stereocenters. The van der Waals surface area contributed by atoms with Gasteiger partial charge in [0.2, 0.25) is 0 Å². The molecule has 2 aromatic rings. The van der Waals surface area contributed by atoms with Crippen molar-refractivity contribution >= 4 is 11.6 Å². The number of nitrogens with one attached hydrogen (secondary N) is 1. The van der Waals surface area contributed by atoms with E-state index < -0.39 is 0 Å². The highest BCUT2D eigenvalue weighted by Gasteiger charge is 2.22. The maximum atomic E-state index is 9.68. The summed E-state index contributed by atoms with van der Waals surface area (Å²) in [5.41, 5.74) is 2.00. The van der Waals surface area contributed by atoms with E-state index in [2.05, 4.69) is 5.32 Å². The summed E-state index contributed by atoms with van der Waals surface area (Å²) in [6, 6.07) is 10.4. The van der Waals surface area contributed by atoms with Crippen LogP contribution in [0.15, 0.2) is 36.4 Å². The average molecular weight is 306 g/mol. The third kappa shape index (κ3) is 3.06. The number of fused-ring (bicyclic) bond motifs is 1. The van der Waals surface area contributed by atoms with Crippen LogP contribution in [0.4, 0.5) is 0 Å². The third-order valence-corrected chi connectivity index (χ3v) is 3.88. The molecular weight excluding hydrogens is 290 g/mol. The lowest BCUT2D eigenvalue weighted by atomic mass is 9.94. The minimum absolute atomic E-state index is 0.0177. The minimum atomic E-state index is -0.103. The van der Waals surface area contributed by atoms with E-state index in [9.17, 15) is 10.2 Å². The predicted octanol–water partition coefficient (Wildman–Crippen LogP) is 3.02. The second-order valence-corrected chi connectivity index (χ2v) is 5.50. The molecule has 110 valence electrons. The standard InChI is InChI=1S/C16H16ClNO3/c17-11-1-3-12(4-2-11)21-9-14-13-8-16(20)15(19)7-10(13)5-6-18-14/h1-4,7-8,14,18-20H,5-6,9H2. The Kier molecular flexibility index (Phi) is 3.90. The number of hydrogen-bond acceptors (Lipinski definition) is 4. The normalized spacial score (nSPS) is 17.3. The van der Waals surface area contributed by atoms with E-state index in [4.69, 9.17) is 16.3 Å². The second-order valence-electron chi connectivity index (χ2n) is 5.06. The van der Waals surface area contributed by atoms with Crippen LogP contribution in [-0.4, -0.2) is 23.4 Å². The van der Waals surface area contributed by atoms with E-state index in [1.54, 1.807) is 24.3 Å².